The third kappa shape index (κ3) is 8.78. The molecule has 1 heterocycles. The molecule has 0 unspecified atom stereocenters. The fourth-order valence-electron chi connectivity index (χ4n) is 8.81. The molecule has 1 aliphatic heterocycles. The molecule has 2 aliphatic carbocycles. The van der Waals surface area contributed by atoms with Crippen molar-refractivity contribution in [2.75, 3.05) is 40.3 Å². The number of halogens is 1. The van der Waals surface area contributed by atoms with Crippen LogP contribution in [0, 0.1) is 23.6 Å². The summed E-state index contributed by atoms with van der Waals surface area (Å²) in [5.74, 6) is -0.474. The van der Waals surface area contributed by atoms with E-state index in [1.165, 1.54) is 26.4 Å². The number of methoxy groups -OCH3 is 1. The Kier molecular flexibility index (Phi) is 14.1. The van der Waals surface area contributed by atoms with Crippen LogP contribution in [0.5, 0.6) is 17.2 Å². The van der Waals surface area contributed by atoms with Crippen molar-refractivity contribution in [3.8, 4) is 17.2 Å². The quantitative estimate of drug-likeness (QED) is 0.0564. The number of unbranched alkanes of at least 4 members (excludes halogenated alkanes) is 2. The number of allylic oxidation sites excluding steroid dienone is 1. The molecule has 3 aromatic carbocycles. The highest BCUT2D eigenvalue weighted by Gasteiger charge is 2.65. The van der Waals surface area contributed by atoms with E-state index in [1.54, 1.807) is 34.9 Å². The van der Waals surface area contributed by atoms with Crippen molar-refractivity contribution in [2.24, 2.45) is 22.9 Å². The fraction of sp³-hybridized carbons (Fsp3) is 0.455. The zero-order chi connectivity index (χ0) is 39.7. The number of nitrogens with zero attached hydrogens (tertiary/aromatic N) is 2. The van der Waals surface area contributed by atoms with E-state index in [0.29, 0.717) is 41.4 Å². The lowest BCUT2D eigenvalue weighted by molar-refractivity contribution is -0.256. The topological polar surface area (TPSA) is 119 Å². The second-order valence-electron chi connectivity index (χ2n) is 14.5. The molecule has 12 heteroatoms. The number of carbonyl (C=O) groups excluding carboxylic acids is 1. The molecule has 0 saturated heterocycles. The number of fused-ring (bicyclic) bond motifs is 2. The molecule has 6 rings (SSSR count). The Hall–Kier alpha value is -4.36. The van der Waals surface area contributed by atoms with Crippen LogP contribution in [0.25, 0.3) is 0 Å². The van der Waals surface area contributed by atoms with Crippen molar-refractivity contribution in [3.63, 3.8) is 0 Å². The normalized spacial score (nSPS) is 24.3. The summed E-state index contributed by atoms with van der Waals surface area (Å²) in [5, 5.41) is 24.3. The molecule has 0 aromatic heterocycles. The molecule has 10 nitrogen and oxygen atoms in total. The van der Waals surface area contributed by atoms with Gasteiger partial charge in [0.1, 0.15) is 36.2 Å². The van der Waals surface area contributed by atoms with Gasteiger partial charge in [0.25, 0.3) is 0 Å². The van der Waals surface area contributed by atoms with Gasteiger partial charge >= 0.3 is 6.09 Å². The third-order valence-corrected chi connectivity index (χ3v) is 11.9. The number of oxime groups is 1. The van der Waals surface area contributed by atoms with Gasteiger partial charge in [-0.1, -0.05) is 42.3 Å². The number of aliphatic hydroxyl groups is 2. The number of benzene rings is 3. The minimum atomic E-state index is -1.46. The molecular weight excluding hydrogens is 736 g/mol. The van der Waals surface area contributed by atoms with Gasteiger partial charge in [0, 0.05) is 42.6 Å². The van der Waals surface area contributed by atoms with Crippen LogP contribution in [0.4, 0.5) is 9.18 Å². The van der Waals surface area contributed by atoms with E-state index in [-0.39, 0.29) is 56.4 Å². The van der Waals surface area contributed by atoms with Crippen molar-refractivity contribution < 1.29 is 43.2 Å². The molecule has 0 radical (unpaired) electrons. The Morgan fingerprint density at radius 1 is 1.02 bits per heavy atom. The van der Waals surface area contributed by atoms with E-state index in [9.17, 15) is 19.4 Å². The molecule has 2 N–H and O–H groups in total. The predicted octanol–water partition coefficient (Wildman–Crippen LogP) is 8.87. The van der Waals surface area contributed by atoms with Gasteiger partial charge < -0.3 is 34.0 Å². The van der Waals surface area contributed by atoms with E-state index >= 15 is 0 Å². The predicted molar refractivity (Wildman–Crippen MR) is 215 cm³/mol. The lowest BCUT2D eigenvalue weighted by Crippen LogP contribution is -2.70. The lowest BCUT2D eigenvalue weighted by atomic mass is 9.55. The second kappa shape index (κ2) is 19.2. The molecule has 300 valence electrons. The lowest BCUT2D eigenvalue weighted by Gasteiger charge is -2.59. The molecule has 0 bridgehead atoms. The van der Waals surface area contributed by atoms with E-state index in [1.807, 2.05) is 42.7 Å². The summed E-state index contributed by atoms with van der Waals surface area (Å²) < 4.78 is 40.1. The van der Waals surface area contributed by atoms with E-state index < -0.39 is 23.8 Å². The van der Waals surface area contributed by atoms with Gasteiger partial charge in [0.15, 0.2) is 0 Å². The number of hydrogen-bond acceptors (Lipinski definition) is 10. The maximum atomic E-state index is 14.1. The van der Waals surface area contributed by atoms with Gasteiger partial charge in [-0.05, 0) is 110 Å². The van der Waals surface area contributed by atoms with Crippen LogP contribution in [0.3, 0.4) is 0 Å². The van der Waals surface area contributed by atoms with Gasteiger partial charge in [0.05, 0.1) is 25.3 Å². The highest BCUT2D eigenvalue weighted by Crippen LogP contribution is 2.62. The molecular formula is C44H53FN2O8S. The number of rotatable bonds is 18. The first-order chi connectivity index (χ1) is 27.3. The summed E-state index contributed by atoms with van der Waals surface area (Å²) in [7, 11) is 2.84. The maximum absolute atomic E-state index is 14.1. The number of amides is 1. The molecule has 1 amide bonds. The highest BCUT2D eigenvalue weighted by atomic mass is 32.2. The van der Waals surface area contributed by atoms with Crippen LogP contribution in [-0.4, -0.2) is 79.0 Å². The summed E-state index contributed by atoms with van der Waals surface area (Å²) in [4.78, 5) is 22.2. The zero-order valence-corrected chi connectivity index (χ0v) is 33.2. The number of ether oxygens (including phenoxy) is 4. The smallest absolute Gasteiger partial charge is 0.410 e. The van der Waals surface area contributed by atoms with Crippen LogP contribution >= 0.6 is 11.8 Å². The third-order valence-electron chi connectivity index (χ3n) is 11.2. The number of hydrogen-bond donors (Lipinski definition) is 2. The van der Waals surface area contributed by atoms with Gasteiger partial charge in [-0.15, -0.1) is 18.3 Å². The number of aliphatic hydroxyl groups excluding tert-OH is 2. The second-order valence-corrected chi connectivity index (χ2v) is 15.3. The van der Waals surface area contributed by atoms with E-state index in [4.69, 9.17) is 23.8 Å². The minimum Gasteiger partial charge on any atom is -0.459 e. The highest BCUT2D eigenvalue weighted by molar-refractivity contribution is 7.98. The largest absolute Gasteiger partial charge is 0.459 e. The summed E-state index contributed by atoms with van der Waals surface area (Å²) in [6.45, 7) is 4.36. The average Bonchev–Trinajstić information content (AvgIpc) is 3.21. The Morgan fingerprint density at radius 3 is 2.39 bits per heavy atom. The summed E-state index contributed by atoms with van der Waals surface area (Å²) >= 11 is 1.66. The van der Waals surface area contributed by atoms with E-state index in [2.05, 4.69) is 23.9 Å². The first kappa shape index (κ1) is 41.3. The molecule has 1 fully saturated rings. The monoisotopic (exact) mass is 788 g/mol. The molecule has 3 aliphatic rings. The Morgan fingerprint density at radius 2 is 1.73 bits per heavy atom. The van der Waals surface area contributed by atoms with Crippen LogP contribution in [0.1, 0.15) is 62.0 Å². The first-order valence-electron chi connectivity index (χ1n) is 19.3. The Balaban J connectivity index is 1.57. The SMILES string of the molecule is C=CCO[C@@]12Oc3ccc(Oc4ccc(SC)cc4)cc3[C@H]3[C@H](CCCCO)[C@@H](CCCCO)C=C(C(=NOC)C[C@@H]1N(Cc1ccc(F)cc1)C(=O)OC)[C@H]32. The molecule has 0 spiro atoms. The zero-order valence-electron chi connectivity index (χ0n) is 32.4. The Bertz CT molecular complexity index is 1850. The average molecular weight is 789 g/mol. The summed E-state index contributed by atoms with van der Waals surface area (Å²) in [6.07, 6.45) is 10.1. The van der Waals surface area contributed by atoms with Crippen LogP contribution < -0.4 is 9.47 Å². The molecule has 6 atom stereocenters. The van der Waals surface area contributed by atoms with Crippen LogP contribution in [-0.2, 0) is 20.9 Å². The minimum absolute atomic E-state index is 0.0469. The van der Waals surface area contributed by atoms with Gasteiger partial charge in [-0.2, -0.15) is 0 Å². The van der Waals surface area contributed by atoms with Gasteiger partial charge in [-0.3, -0.25) is 4.90 Å². The van der Waals surface area contributed by atoms with Crippen molar-refractivity contribution >= 4 is 23.6 Å². The van der Waals surface area contributed by atoms with Gasteiger partial charge in [0.2, 0.25) is 5.79 Å². The Labute approximate surface area is 333 Å². The summed E-state index contributed by atoms with van der Waals surface area (Å²) in [5.41, 5.74) is 3.21. The maximum Gasteiger partial charge on any atom is 0.410 e. The standard InChI is InChI=1S/C44H53FN2O8S/c1-5-24-53-44-40(47(43(50)51-2)28-29-12-14-31(45)15-13-29)27-38(46-52-3)36-25-30(10-6-8-22-48)35(11-7-9-23-49)41(42(36)44)37-26-33(18-21-39(37)55-44)54-32-16-19-34(56-4)20-17-32/h5,12-21,25-26,30,35,40-42,48-49H,1,6-11,22-24,27-28H2,2-4H3/t30-,35+,40-,41+,42+,44+/m0/s1. The molecule has 3 aromatic rings. The number of carbonyl (C=O) groups is 1. The van der Waals surface area contributed by atoms with Gasteiger partial charge in [-0.25, -0.2) is 9.18 Å². The molecule has 56 heavy (non-hydrogen) atoms. The van der Waals surface area contributed by atoms with Crippen molar-refractivity contribution in [3.05, 3.63) is 108 Å². The molecule has 1 saturated carbocycles. The first-order valence-corrected chi connectivity index (χ1v) is 20.6. The van der Waals surface area contributed by atoms with E-state index in [0.717, 1.165) is 41.7 Å². The fourth-order valence-corrected chi connectivity index (χ4v) is 9.22. The van der Waals surface area contributed by atoms with Crippen molar-refractivity contribution in [1.29, 1.82) is 0 Å². The van der Waals surface area contributed by atoms with Crippen molar-refractivity contribution in [1.82, 2.24) is 4.90 Å². The summed E-state index contributed by atoms with van der Waals surface area (Å²) in [6, 6.07) is 19.0. The van der Waals surface area contributed by atoms with Crippen LogP contribution in [0.2, 0.25) is 0 Å². The van der Waals surface area contributed by atoms with Crippen molar-refractivity contribution in [2.45, 2.75) is 74.1 Å². The van der Waals surface area contributed by atoms with Crippen LogP contribution in [0.15, 0.2) is 101 Å². The number of thioether (sulfide) groups is 1.